The summed E-state index contributed by atoms with van der Waals surface area (Å²) >= 11 is 0. The molecule has 1 heterocycles. The minimum Gasteiger partial charge on any atom is -0.480 e. The highest BCUT2D eigenvalue weighted by atomic mass is 19.1. The molecule has 17 heavy (non-hydrogen) atoms. The molecule has 0 radical (unpaired) electrons. The third kappa shape index (κ3) is 2.24. The van der Waals surface area contributed by atoms with Gasteiger partial charge in [0.05, 0.1) is 6.10 Å². The molecule has 2 atom stereocenters. The molecule has 1 aromatic carbocycles. The quantitative estimate of drug-likeness (QED) is 0.798. The molecule has 1 amide bonds. The van der Waals surface area contributed by atoms with Gasteiger partial charge in [-0.1, -0.05) is 0 Å². The van der Waals surface area contributed by atoms with Gasteiger partial charge >= 0.3 is 0 Å². The van der Waals surface area contributed by atoms with Gasteiger partial charge in [-0.05, 0) is 18.2 Å². The number of ether oxygens (including phenoxy) is 1. The van der Waals surface area contributed by atoms with E-state index in [1.54, 1.807) is 14.1 Å². The topological polar surface area (TPSA) is 49.8 Å². The molecule has 92 valence electrons. The third-order valence-electron chi connectivity index (χ3n) is 2.75. The van der Waals surface area contributed by atoms with Crippen molar-refractivity contribution in [2.75, 3.05) is 14.1 Å². The van der Waals surface area contributed by atoms with Crippen molar-refractivity contribution < 1.29 is 19.0 Å². The van der Waals surface area contributed by atoms with Crippen LogP contribution in [0.4, 0.5) is 4.39 Å². The standard InChI is InChI=1S/C12H14FNO3/c1-14(2)12(16)11-6-9(15)8-5-7(13)3-4-10(8)17-11/h3-5,9,11,15H,6H2,1-2H3. The summed E-state index contributed by atoms with van der Waals surface area (Å²) < 4.78 is 18.5. The van der Waals surface area contributed by atoms with Crippen molar-refractivity contribution in [2.24, 2.45) is 0 Å². The third-order valence-corrected chi connectivity index (χ3v) is 2.75. The second kappa shape index (κ2) is 4.33. The Morgan fingerprint density at radius 2 is 2.24 bits per heavy atom. The van der Waals surface area contributed by atoms with Crippen LogP contribution >= 0.6 is 0 Å². The van der Waals surface area contributed by atoms with Gasteiger partial charge in [-0.15, -0.1) is 0 Å². The molecule has 1 N–H and O–H groups in total. The van der Waals surface area contributed by atoms with E-state index in [1.165, 1.54) is 23.1 Å². The van der Waals surface area contributed by atoms with Gasteiger partial charge in [0.25, 0.3) is 5.91 Å². The van der Waals surface area contributed by atoms with Crippen molar-refractivity contribution in [1.82, 2.24) is 4.90 Å². The Labute approximate surface area is 98.6 Å². The summed E-state index contributed by atoms with van der Waals surface area (Å²) in [6.07, 6.45) is -1.44. The number of aliphatic hydroxyl groups excluding tert-OH is 1. The van der Waals surface area contributed by atoms with Crippen molar-refractivity contribution in [3.05, 3.63) is 29.6 Å². The molecule has 1 aliphatic heterocycles. The lowest BCUT2D eigenvalue weighted by Crippen LogP contribution is -2.40. The van der Waals surface area contributed by atoms with Gasteiger partial charge in [0, 0.05) is 26.1 Å². The lowest BCUT2D eigenvalue weighted by atomic mass is 9.98. The molecule has 0 aromatic heterocycles. The van der Waals surface area contributed by atoms with E-state index in [9.17, 15) is 14.3 Å². The monoisotopic (exact) mass is 239 g/mol. The maximum atomic E-state index is 13.0. The van der Waals surface area contributed by atoms with E-state index in [0.717, 1.165) is 0 Å². The fourth-order valence-corrected chi connectivity index (χ4v) is 1.86. The van der Waals surface area contributed by atoms with E-state index < -0.39 is 18.0 Å². The van der Waals surface area contributed by atoms with E-state index in [1.807, 2.05) is 0 Å². The highest BCUT2D eigenvalue weighted by molar-refractivity contribution is 5.81. The maximum absolute atomic E-state index is 13.0. The number of carbonyl (C=O) groups excluding carboxylic acids is 1. The number of amides is 1. The van der Waals surface area contributed by atoms with Crippen molar-refractivity contribution >= 4 is 5.91 Å². The van der Waals surface area contributed by atoms with Gasteiger partial charge in [-0.3, -0.25) is 4.79 Å². The molecule has 4 nitrogen and oxygen atoms in total. The van der Waals surface area contributed by atoms with Crippen LogP contribution in [0.15, 0.2) is 18.2 Å². The molecule has 1 aliphatic rings. The molecule has 2 unspecified atom stereocenters. The zero-order valence-corrected chi connectivity index (χ0v) is 9.68. The van der Waals surface area contributed by atoms with Gasteiger partial charge < -0.3 is 14.7 Å². The molecular weight excluding hydrogens is 225 g/mol. The summed E-state index contributed by atoms with van der Waals surface area (Å²) in [5.41, 5.74) is 0.396. The fourth-order valence-electron chi connectivity index (χ4n) is 1.86. The zero-order valence-electron chi connectivity index (χ0n) is 9.68. The molecule has 0 spiro atoms. The number of hydrogen-bond acceptors (Lipinski definition) is 3. The lowest BCUT2D eigenvalue weighted by Gasteiger charge is -2.30. The van der Waals surface area contributed by atoms with Gasteiger partial charge in [-0.25, -0.2) is 4.39 Å². The molecule has 2 rings (SSSR count). The van der Waals surface area contributed by atoms with Crippen molar-refractivity contribution in [3.8, 4) is 5.75 Å². The summed E-state index contributed by atoms with van der Waals surface area (Å²) in [7, 11) is 3.25. The van der Waals surface area contributed by atoms with Gasteiger partial charge in [0.2, 0.25) is 0 Å². The molecule has 0 aliphatic carbocycles. The Kier molecular flexibility index (Phi) is 3.02. The second-order valence-corrected chi connectivity index (χ2v) is 4.27. The fraction of sp³-hybridized carbons (Fsp3) is 0.417. The minimum atomic E-state index is -0.872. The summed E-state index contributed by atoms with van der Waals surface area (Å²) in [6, 6.07) is 3.91. The molecule has 5 heteroatoms. The van der Waals surface area contributed by atoms with Crippen LogP contribution in [0, 0.1) is 5.82 Å². The molecule has 0 saturated carbocycles. The van der Waals surface area contributed by atoms with Crippen LogP contribution in [-0.4, -0.2) is 36.1 Å². The van der Waals surface area contributed by atoms with Crippen LogP contribution in [0.25, 0.3) is 0 Å². The van der Waals surface area contributed by atoms with Crippen LogP contribution in [0.1, 0.15) is 18.1 Å². The molecule has 1 aromatic rings. The molecular formula is C12H14FNO3. The van der Waals surface area contributed by atoms with Crippen molar-refractivity contribution in [2.45, 2.75) is 18.6 Å². The predicted octanol–water partition coefficient (Wildman–Crippen LogP) is 1.10. The van der Waals surface area contributed by atoms with Crippen LogP contribution in [0.5, 0.6) is 5.75 Å². The highest BCUT2D eigenvalue weighted by Crippen LogP contribution is 2.35. The molecule has 0 fully saturated rings. The van der Waals surface area contributed by atoms with E-state index >= 15 is 0 Å². The minimum absolute atomic E-state index is 0.146. The normalized spacial score (nSPS) is 22.6. The average Bonchev–Trinajstić information content (AvgIpc) is 2.28. The number of benzene rings is 1. The van der Waals surface area contributed by atoms with Crippen LogP contribution < -0.4 is 4.74 Å². The SMILES string of the molecule is CN(C)C(=O)C1CC(O)c2cc(F)ccc2O1. The highest BCUT2D eigenvalue weighted by Gasteiger charge is 2.32. The van der Waals surface area contributed by atoms with Crippen LogP contribution in [0.3, 0.4) is 0 Å². The molecule has 0 bridgehead atoms. The summed E-state index contributed by atoms with van der Waals surface area (Å²) in [5, 5.41) is 9.87. The second-order valence-electron chi connectivity index (χ2n) is 4.27. The summed E-state index contributed by atoms with van der Waals surface area (Å²) in [4.78, 5) is 13.1. The smallest absolute Gasteiger partial charge is 0.263 e. The maximum Gasteiger partial charge on any atom is 0.263 e. The van der Waals surface area contributed by atoms with E-state index in [4.69, 9.17) is 4.74 Å². The number of carbonyl (C=O) groups is 1. The predicted molar refractivity (Wildman–Crippen MR) is 59.1 cm³/mol. The largest absolute Gasteiger partial charge is 0.480 e. The Hall–Kier alpha value is -1.62. The van der Waals surface area contributed by atoms with Gasteiger partial charge in [-0.2, -0.15) is 0 Å². The first-order valence-electron chi connectivity index (χ1n) is 5.34. The van der Waals surface area contributed by atoms with Crippen molar-refractivity contribution in [1.29, 1.82) is 0 Å². The van der Waals surface area contributed by atoms with E-state index in [-0.39, 0.29) is 12.3 Å². The Bertz CT molecular complexity index is 447. The number of rotatable bonds is 1. The average molecular weight is 239 g/mol. The Morgan fingerprint density at radius 1 is 1.53 bits per heavy atom. The first-order valence-corrected chi connectivity index (χ1v) is 5.34. The molecule has 0 saturated heterocycles. The number of fused-ring (bicyclic) bond motifs is 1. The lowest BCUT2D eigenvalue weighted by molar-refractivity contribution is -0.138. The van der Waals surface area contributed by atoms with E-state index in [2.05, 4.69) is 0 Å². The Morgan fingerprint density at radius 3 is 2.88 bits per heavy atom. The number of nitrogens with zero attached hydrogens (tertiary/aromatic N) is 1. The van der Waals surface area contributed by atoms with Crippen LogP contribution in [-0.2, 0) is 4.79 Å². The zero-order chi connectivity index (χ0) is 12.6. The number of hydrogen-bond donors (Lipinski definition) is 1. The summed E-state index contributed by atoms with van der Waals surface area (Å²) in [5.74, 6) is -0.270. The first kappa shape index (κ1) is 11.9. The van der Waals surface area contributed by atoms with Gasteiger partial charge in [0.15, 0.2) is 6.10 Å². The van der Waals surface area contributed by atoms with E-state index in [0.29, 0.717) is 11.3 Å². The number of halogens is 1. The Balaban J connectivity index is 2.27. The summed E-state index contributed by atoms with van der Waals surface area (Å²) in [6.45, 7) is 0. The van der Waals surface area contributed by atoms with Crippen molar-refractivity contribution in [3.63, 3.8) is 0 Å². The number of aliphatic hydroxyl groups is 1. The van der Waals surface area contributed by atoms with Gasteiger partial charge in [0.1, 0.15) is 11.6 Å². The van der Waals surface area contributed by atoms with Crippen LogP contribution in [0.2, 0.25) is 0 Å². The number of likely N-dealkylation sites (N-methyl/N-ethyl adjacent to an activating group) is 1. The first-order chi connectivity index (χ1) is 7.99.